The van der Waals surface area contributed by atoms with Crippen LogP contribution in [0.4, 0.5) is 13.2 Å². The van der Waals surface area contributed by atoms with Gasteiger partial charge in [-0.3, -0.25) is 14.6 Å². The zero-order valence-corrected chi connectivity index (χ0v) is 9.31. The molecule has 2 N–H and O–H groups in total. The minimum atomic E-state index is -4.31. The van der Waals surface area contributed by atoms with Crippen LogP contribution < -0.4 is 0 Å². The number of hydrogen-bond acceptors (Lipinski definition) is 4. The third kappa shape index (κ3) is 4.49. The van der Waals surface area contributed by atoms with E-state index >= 15 is 0 Å². The predicted octanol–water partition coefficient (Wildman–Crippen LogP) is -0.390. The van der Waals surface area contributed by atoms with Crippen LogP contribution in [0.1, 0.15) is 0 Å². The van der Waals surface area contributed by atoms with E-state index in [1.165, 1.54) is 11.9 Å². The summed E-state index contributed by atoms with van der Waals surface area (Å²) in [5.41, 5.74) is 0. The summed E-state index contributed by atoms with van der Waals surface area (Å²) in [4.78, 5) is 12.9. The number of aliphatic carboxylic acids is 1. The Morgan fingerprint density at radius 2 is 2.06 bits per heavy atom. The Balaban J connectivity index is 2.52. The van der Waals surface area contributed by atoms with E-state index in [4.69, 9.17) is 5.11 Å². The van der Waals surface area contributed by atoms with Crippen LogP contribution in [0.3, 0.4) is 0 Å². The number of nitrogens with zero attached hydrogens (tertiary/aromatic N) is 2. The van der Waals surface area contributed by atoms with Crippen molar-refractivity contribution in [3.8, 4) is 0 Å². The third-order valence-corrected chi connectivity index (χ3v) is 2.69. The van der Waals surface area contributed by atoms with Crippen LogP contribution in [-0.2, 0) is 4.79 Å². The second-order valence-corrected chi connectivity index (χ2v) is 4.25. The van der Waals surface area contributed by atoms with Gasteiger partial charge in [-0.1, -0.05) is 0 Å². The molecule has 1 heterocycles. The molecule has 0 amide bonds. The zero-order chi connectivity index (χ0) is 13.2. The minimum absolute atomic E-state index is 0.0183. The standard InChI is InChI=1S/C9H15F3N2O3/c1-13(4-8(16)17)6-2-14(3-7(6)15)5-9(10,11)12/h6-7,15H,2-5H2,1H3,(H,16,17)/t6?,7-/m1/s1. The smallest absolute Gasteiger partial charge is 0.401 e. The van der Waals surface area contributed by atoms with E-state index in [0.29, 0.717) is 0 Å². The van der Waals surface area contributed by atoms with Crippen molar-refractivity contribution in [3.05, 3.63) is 0 Å². The molecule has 5 nitrogen and oxygen atoms in total. The Bertz CT molecular complexity index is 285. The molecule has 1 fully saturated rings. The lowest BCUT2D eigenvalue weighted by Crippen LogP contribution is -2.43. The number of likely N-dealkylation sites (N-methyl/N-ethyl adjacent to an activating group) is 1. The van der Waals surface area contributed by atoms with Crippen LogP contribution in [0.2, 0.25) is 0 Å². The number of β-amino-alcohol motifs (C(OH)–C–C–N with tert-alkyl or cyclic N) is 1. The van der Waals surface area contributed by atoms with Gasteiger partial charge in [0.05, 0.1) is 19.2 Å². The molecule has 0 bridgehead atoms. The van der Waals surface area contributed by atoms with E-state index in [2.05, 4.69) is 0 Å². The van der Waals surface area contributed by atoms with Gasteiger partial charge < -0.3 is 10.2 Å². The van der Waals surface area contributed by atoms with Crippen LogP contribution in [-0.4, -0.2) is 77.5 Å². The summed E-state index contributed by atoms with van der Waals surface area (Å²) in [5.74, 6) is -1.08. The Morgan fingerprint density at radius 3 is 2.53 bits per heavy atom. The van der Waals surface area contributed by atoms with Gasteiger partial charge in [-0.05, 0) is 7.05 Å². The SMILES string of the molecule is CN(CC(=O)O)C1CN(CC(F)(F)F)C[C@H]1O. The van der Waals surface area contributed by atoms with Crippen LogP contribution in [0.5, 0.6) is 0 Å². The molecular weight excluding hydrogens is 241 g/mol. The van der Waals surface area contributed by atoms with Crippen LogP contribution in [0.15, 0.2) is 0 Å². The number of rotatable bonds is 4. The van der Waals surface area contributed by atoms with E-state index in [-0.39, 0.29) is 19.6 Å². The van der Waals surface area contributed by atoms with Crippen molar-refractivity contribution >= 4 is 5.97 Å². The number of alkyl halides is 3. The second kappa shape index (κ2) is 5.19. The fraction of sp³-hybridized carbons (Fsp3) is 0.889. The van der Waals surface area contributed by atoms with Gasteiger partial charge >= 0.3 is 12.1 Å². The van der Waals surface area contributed by atoms with E-state index in [0.717, 1.165) is 4.90 Å². The highest BCUT2D eigenvalue weighted by molar-refractivity contribution is 5.69. The number of aliphatic hydroxyl groups excluding tert-OH is 1. The van der Waals surface area contributed by atoms with Crippen LogP contribution in [0.25, 0.3) is 0 Å². The lowest BCUT2D eigenvalue weighted by Gasteiger charge is -2.24. The summed E-state index contributed by atoms with van der Waals surface area (Å²) in [6, 6.07) is -0.576. The molecule has 1 saturated heterocycles. The summed E-state index contributed by atoms with van der Waals surface area (Å²) in [7, 11) is 1.47. The highest BCUT2D eigenvalue weighted by atomic mass is 19.4. The van der Waals surface area contributed by atoms with Gasteiger partial charge in [0.15, 0.2) is 0 Å². The number of likely N-dealkylation sites (tertiary alicyclic amines) is 1. The van der Waals surface area contributed by atoms with Gasteiger partial charge in [0, 0.05) is 19.1 Å². The Kier molecular flexibility index (Phi) is 4.34. The predicted molar refractivity (Wildman–Crippen MR) is 52.6 cm³/mol. The van der Waals surface area contributed by atoms with Gasteiger partial charge in [-0.25, -0.2) is 0 Å². The largest absolute Gasteiger partial charge is 0.480 e. The molecule has 0 radical (unpaired) electrons. The maximum absolute atomic E-state index is 12.1. The summed E-state index contributed by atoms with van der Waals surface area (Å²) in [6.07, 6.45) is -5.26. The molecule has 1 aliphatic heterocycles. The van der Waals surface area contributed by atoms with E-state index in [9.17, 15) is 23.1 Å². The van der Waals surface area contributed by atoms with Crippen molar-refractivity contribution in [1.29, 1.82) is 0 Å². The highest BCUT2D eigenvalue weighted by Crippen LogP contribution is 2.21. The lowest BCUT2D eigenvalue weighted by atomic mass is 10.2. The molecule has 8 heteroatoms. The van der Waals surface area contributed by atoms with Crippen LogP contribution in [0, 0.1) is 0 Å². The molecule has 0 aromatic rings. The molecule has 1 rings (SSSR count). The van der Waals surface area contributed by atoms with Crippen molar-refractivity contribution in [2.45, 2.75) is 18.3 Å². The molecule has 17 heavy (non-hydrogen) atoms. The fourth-order valence-electron chi connectivity index (χ4n) is 1.99. The first-order valence-corrected chi connectivity index (χ1v) is 5.08. The van der Waals surface area contributed by atoms with Crippen molar-refractivity contribution in [2.24, 2.45) is 0 Å². The summed E-state index contributed by atoms with van der Waals surface area (Å²) in [6.45, 7) is -1.46. The molecule has 0 saturated carbocycles. The summed E-state index contributed by atoms with van der Waals surface area (Å²) >= 11 is 0. The van der Waals surface area contributed by atoms with Gasteiger partial charge in [-0.15, -0.1) is 0 Å². The monoisotopic (exact) mass is 256 g/mol. The second-order valence-electron chi connectivity index (χ2n) is 4.25. The maximum atomic E-state index is 12.1. The van der Waals surface area contributed by atoms with E-state index in [1.54, 1.807) is 0 Å². The minimum Gasteiger partial charge on any atom is -0.480 e. The zero-order valence-electron chi connectivity index (χ0n) is 9.31. The first-order chi connectivity index (χ1) is 7.69. The molecule has 2 atom stereocenters. The molecule has 1 aliphatic rings. The Hall–Kier alpha value is -0.860. The first-order valence-electron chi connectivity index (χ1n) is 5.08. The van der Waals surface area contributed by atoms with Gasteiger partial charge in [0.25, 0.3) is 0 Å². The quantitative estimate of drug-likeness (QED) is 0.717. The Labute approximate surface area is 96.4 Å². The average Bonchev–Trinajstić information content (AvgIpc) is 2.41. The van der Waals surface area contributed by atoms with Crippen molar-refractivity contribution < 1.29 is 28.2 Å². The van der Waals surface area contributed by atoms with E-state index < -0.39 is 30.8 Å². The van der Waals surface area contributed by atoms with E-state index in [1.807, 2.05) is 0 Å². The summed E-state index contributed by atoms with van der Waals surface area (Å²) in [5, 5.41) is 18.2. The first kappa shape index (κ1) is 14.2. The molecule has 0 aromatic heterocycles. The fourth-order valence-corrected chi connectivity index (χ4v) is 1.99. The molecule has 100 valence electrons. The number of carbonyl (C=O) groups is 1. The van der Waals surface area contributed by atoms with Crippen molar-refractivity contribution in [2.75, 3.05) is 33.2 Å². The topological polar surface area (TPSA) is 64.0 Å². The lowest BCUT2D eigenvalue weighted by molar-refractivity contribution is -0.145. The van der Waals surface area contributed by atoms with Crippen molar-refractivity contribution in [3.63, 3.8) is 0 Å². The van der Waals surface area contributed by atoms with Crippen molar-refractivity contribution in [1.82, 2.24) is 9.80 Å². The number of aliphatic hydroxyl groups is 1. The number of hydrogen-bond donors (Lipinski definition) is 2. The van der Waals surface area contributed by atoms with Gasteiger partial charge in [-0.2, -0.15) is 13.2 Å². The highest BCUT2D eigenvalue weighted by Gasteiger charge is 2.39. The summed E-state index contributed by atoms with van der Waals surface area (Å²) < 4.78 is 36.4. The molecular formula is C9H15F3N2O3. The molecule has 0 spiro atoms. The molecule has 0 aromatic carbocycles. The average molecular weight is 256 g/mol. The number of carboxylic acids is 1. The maximum Gasteiger partial charge on any atom is 0.401 e. The van der Waals surface area contributed by atoms with Gasteiger partial charge in [0.1, 0.15) is 0 Å². The van der Waals surface area contributed by atoms with Crippen LogP contribution >= 0.6 is 0 Å². The number of halogens is 3. The normalized spacial score (nSPS) is 26.7. The third-order valence-electron chi connectivity index (χ3n) is 2.69. The molecule has 0 aliphatic carbocycles. The number of carboxylic acid groups (broad SMARTS) is 1. The molecule has 1 unspecified atom stereocenters. The van der Waals surface area contributed by atoms with Gasteiger partial charge in [0.2, 0.25) is 0 Å². The Morgan fingerprint density at radius 1 is 1.47 bits per heavy atom.